The minimum Gasteiger partial charge on any atom is -0.497 e. The summed E-state index contributed by atoms with van der Waals surface area (Å²) in [5.74, 6) is 1.42. The van der Waals surface area contributed by atoms with Crippen molar-refractivity contribution in [2.24, 2.45) is 0 Å². The van der Waals surface area contributed by atoms with Crippen LogP contribution in [-0.4, -0.2) is 24.3 Å². The first-order chi connectivity index (χ1) is 13.1. The van der Waals surface area contributed by atoms with Crippen LogP contribution in [-0.2, 0) is 21.5 Å². The topological polar surface area (TPSA) is 59.5 Å². The van der Waals surface area contributed by atoms with Gasteiger partial charge in [0.25, 0.3) is 0 Å². The molecule has 1 aromatic carbocycles. The molecule has 0 fully saturated rings. The molecule has 1 amide bonds. The van der Waals surface area contributed by atoms with Crippen LogP contribution in [0.5, 0.6) is 5.75 Å². The molecule has 1 aliphatic carbocycles. The number of hydrogen-bond donors (Lipinski definition) is 0. The van der Waals surface area contributed by atoms with E-state index in [9.17, 15) is 9.59 Å². The number of fused-ring (bicyclic) bond motifs is 2. The monoisotopic (exact) mass is 382 g/mol. The highest BCUT2D eigenvalue weighted by molar-refractivity contribution is 6.31. The van der Waals surface area contributed by atoms with Gasteiger partial charge in [0.15, 0.2) is 0 Å². The van der Waals surface area contributed by atoms with E-state index >= 15 is 0 Å². The fourth-order valence-electron chi connectivity index (χ4n) is 4.03. The van der Waals surface area contributed by atoms with Gasteiger partial charge in [-0.1, -0.05) is 29.8 Å². The van der Waals surface area contributed by atoms with E-state index in [1.165, 1.54) is 0 Å². The number of rotatable bonds is 4. The molecule has 2 aliphatic rings. The molecule has 1 aromatic heterocycles. The lowest BCUT2D eigenvalue weighted by atomic mass is 9.70. The largest absolute Gasteiger partial charge is 0.497 e. The number of carbonyl (C=O) groups excluding carboxylic acids is 2. The highest BCUT2D eigenvalue weighted by Crippen LogP contribution is 2.51. The summed E-state index contributed by atoms with van der Waals surface area (Å²) < 4.78 is 5.20. The van der Waals surface area contributed by atoms with Crippen LogP contribution in [0, 0.1) is 0 Å². The van der Waals surface area contributed by atoms with Gasteiger partial charge in [0.05, 0.1) is 19.1 Å². The maximum atomic E-state index is 13.5. The third-order valence-electron chi connectivity index (χ3n) is 5.47. The first-order valence-electron chi connectivity index (χ1n) is 8.82. The van der Waals surface area contributed by atoms with E-state index < -0.39 is 5.41 Å². The normalized spacial score (nSPS) is 21.6. The average molecular weight is 383 g/mol. The molecule has 2 aromatic rings. The lowest BCUT2D eigenvalue weighted by Gasteiger charge is -2.32. The van der Waals surface area contributed by atoms with Crippen LogP contribution >= 0.6 is 11.6 Å². The second-order valence-electron chi connectivity index (χ2n) is 6.92. The van der Waals surface area contributed by atoms with Crippen molar-refractivity contribution in [1.82, 2.24) is 4.98 Å². The number of halogens is 1. The number of pyridine rings is 1. The van der Waals surface area contributed by atoms with Gasteiger partial charge in [-0.25, -0.2) is 4.98 Å². The second kappa shape index (κ2) is 6.82. The summed E-state index contributed by atoms with van der Waals surface area (Å²) in [5, 5.41) is 0.558. The molecule has 6 heteroatoms. The Balaban J connectivity index is 1.73. The molecular weight excluding hydrogens is 364 g/mol. The third kappa shape index (κ3) is 2.82. The fourth-order valence-corrected chi connectivity index (χ4v) is 4.23. The van der Waals surface area contributed by atoms with E-state index in [0.717, 1.165) is 23.2 Å². The molecule has 4 rings (SSSR count). The number of aldehydes is 1. The van der Waals surface area contributed by atoms with Crippen LogP contribution in [0.2, 0.25) is 0 Å². The second-order valence-corrected chi connectivity index (χ2v) is 7.38. The molecule has 5 nitrogen and oxygen atoms in total. The SMILES string of the molecule is COc1ccc(CN2C(=O)C3(CCC(Cl)=C(C=O)C3)c3cccnc32)cc1. The number of aromatic nitrogens is 1. The number of anilines is 1. The highest BCUT2D eigenvalue weighted by Gasteiger charge is 2.53. The standard InChI is InChI=1S/C21H19ClN2O3/c1-27-16-6-4-14(5-7-16)12-24-19-17(3-2-10-23-19)21(20(24)26)9-8-18(22)15(11-21)13-25/h2-7,10,13H,8-9,11-12H2,1H3. The van der Waals surface area contributed by atoms with E-state index in [0.29, 0.717) is 42.2 Å². The number of carbonyl (C=O) groups is 2. The Kier molecular flexibility index (Phi) is 4.48. The smallest absolute Gasteiger partial charge is 0.239 e. The molecule has 0 bridgehead atoms. The summed E-state index contributed by atoms with van der Waals surface area (Å²) in [6.45, 7) is 0.419. The summed E-state index contributed by atoms with van der Waals surface area (Å²) in [5.41, 5.74) is 1.62. The van der Waals surface area contributed by atoms with E-state index in [4.69, 9.17) is 16.3 Å². The molecule has 1 spiro atoms. The zero-order chi connectivity index (χ0) is 19.0. The van der Waals surface area contributed by atoms with Crippen LogP contribution in [0.15, 0.2) is 53.2 Å². The Hall–Kier alpha value is -2.66. The van der Waals surface area contributed by atoms with Crippen molar-refractivity contribution >= 4 is 29.6 Å². The fraction of sp³-hybridized carbons (Fsp3) is 0.286. The van der Waals surface area contributed by atoms with Crippen molar-refractivity contribution < 1.29 is 14.3 Å². The third-order valence-corrected chi connectivity index (χ3v) is 5.90. The van der Waals surface area contributed by atoms with Gasteiger partial charge in [-0.15, -0.1) is 0 Å². The van der Waals surface area contributed by atoms with Gasteiger partial charge in [-0.2, -0.15) is 0 Å². The number of ether oxygens (including phenoxy) is 1. The molecule has 27 heavy (non-hydrogen) atoms. The molecule has 138 valence electrons. The van der Waals surface area contributed by atoms with Crippen LogP contribution in [0.1, 0.15) is 30.4 Å². The minimum atomic E-state index is -0.759. The van der Waals surface area contributed by atoms with Gasteiger partial charge in [-0.3, -0.25) is 14.5 Å². The first-order valence-corrected chi connectivity index (χ1v) is 9.20. The number of methoxy groups -OCH3 is 1. The average Bonchev–Trinajstić information content (AvgIpc) is 2.93. The number of nitrogens with zero attached hydrogens (tertiary/aromatic N) is 2. The molecule has 2 heterocycles. The highest BCUT2D eigenvalue weighted by atomic mass is 35.5. The summed E-state index contributed by atoms with van der Waals surface area (Å²) >= 11 is 6.21. The van der Waals surface area contributed by atoms with Crippen molar-refractivity contribution in [1.29, 1.82) is 0 Å². The van der Waals surface area contributed by atoms with Crippen molar-refractivity contribution in [3.05, 3.63) is 64.3 Å². The number of hydrogen-bond acceptors (Lipinski definition) is 4. The maximum Gasteiger partial charge on any atom is 0.239 e. The van der Waals surface area contributed by atoms with Crippen molar-refractivity contribution in [2.75, 3.05) is 12.0 Å². The van der Waals surface area contributed by atoms with Crippen LogP contribution in [0.25, 0.3) is 0 Å². The molecule has 0 N–H and O–H groups in total. The van der Waals surface area contributed by atoms with Gasteiger partial charge in [-0.05, 0) is 43.0 Å². The zero-order valence-corrected chi connectivity index (χ0v) is 15.7. The Morgan fingerprint density at radius 3 is 2.78 bits per heavy atom. The van der Waals surface area contributed by atoms with Gasteiger partial charge in [0, 0.05) is 22.4 Å². The van der Waals surface area contributed by atoms with Crippen LogP contribution in [0.4, 0.5) is 5.82 Å². The number of allylic oxidation sites excluding steroid dienone is 2. The van der Waals surface area contributed by atoms with Crippen molar-refractivity contribution in [3.8, 4) is 5.75 Å². The molecule has 0 saturated carbocycles. The van der Waals surface area contributed by atoms with Gasteiger partial charge >= 0.3 is 0 Å². The summed E-state index contributed by atoms with van der Waals surface area (Å²) in [7, 11) is 1.62. The lowest BCUT2D eigenvalue weighted by molar-refractivity contribution is -0.123. The number of amides is 1. The van der Waals surface area contributed by atoms with Crippen molar-refractivity contribution in [2.45, 2.75) is 31.2 Å². The van der Waals surface area contributed by atoms with E-state index in [1.54, 1.807) is 18.2 Å². The maximum absolute atomic E-state index is 13.5. The summed E-state index contributed by atoms with van der Waals surface area (Å²) in [4.78, 5) is 31.2. The lowest BCUT2D eigenvalue weighted by Crippen LogP contribution is -2.42. The minimum absolute atomic E-state index is 0.0180. The van der Waals surface area contributed by atoms with Crippen molar-refractivity contribution in [3.63, 3.8) is 0 Å². The van der Waals surface area contributed by atoms with E-state index in [1.807, 2.05) is 36.4 Å². The zero-order valence-electron chi connectivity index (χ0n) is 14.9. The van der Waals surface area contributed by atoms with Gasteiger partial charge < -0.3 is 4.74 Å². The summed E-state index contributed by atoms with van der Waals surface area (Å²) in [6.07, 6.45) is 3.90. The Morgan fingerprint density at radius 2 is 2.07 bits per heavy atom. The quantitative estimate of drug-likeness (QED) is 0.755. The van der Waals surface area contributed by atoms with Gasteiger partial charge in [0.2, 0.25) is 5.91 Å². The molecule has 0 saturated heterocycles. The molecule has 1 aliphatic heterocycles. The Bertz CT molecular complexity index is 939. The Morgan fingerprint density at radius 1 is 1.30 bits per heavy atom. The predicted octanol–water partition coefficient (Wildman–Crippen LogP) is 3.75. The summed E-state index contributed by atoms with van der Waals surface area (Å²) in [6, 6.07) is 11.4. The van der Waals surface area contributed by atoms with Crippen LogP contribution in [0.3, 0.4) is 0 Å². The Labute approximate surface area is 162 Å². The first kappa shape index (κ1) is 17.7. The van der Waals surface area contributed by atoms with Gasteiger partial charge in [0.1, 0.15) is 17.9 Å². The number of benzene rings is 1. The van der Waals surface area contributed by atoms with E-state index in [-0.39, 0.29) is 5.91 Å². The predicted molar refractivity (Wildman–Crippen MR) is 103 cm³/mol. The molecule has 1 unspecified atom stereocenters. The molecular formula is C21H19ClN2O3. The van der Waals surface area contributed by atoms with Crippen LogP contribution < -0.4 is 9.64 Å². The van der Waals surface area contributed by atoms with E-state index in [2.05, 4.69) is 4.98 Å². The molecule has 0 radical (unpaired) electrons. The molecule has 1 atom stereocenters.